The first-order valence-corrected chi connectivity index (χ1v) is 10.4. The van der Waals surface area contributed by atoms with Gasteiger partial charge in [-0.25, -0.2) is 4.98 Å². The van der Waals surface area contributed by atoms with Crippen molar-refractivity contribution in [2.75, 3.05) is 17.2 Å². The number of aromatic amines is 1. The number of aromatic nitrogens is 2. The third-order valence-electron chi connectivity index (χ3n) is 5.11. The Kier molecular flexibility index (Phi) is 7.31. The maximum atomic E-state index is 12.4. The number of hydrogen-bond donors (Lipinski definition) is 4. The number of nitrogen functional groups attached to an aromatic ring is 1. The van der Waals surface area contributed by atoms with E-state index >= 15 is 0 Å². The number of carbonyl (C=O) groups is 2. The zero-order valence-corrected chi connectivity index (χ0v) is 18.2. The minimum absolute atomic E-state index is 0.00841. The summed E-state index contributed by atoms with van der Waals surface area (Å²) < 4.78 is 0. The molecular weight excluding hydrogens is 422 g/mol. The van der Waals surface area contributed by atoms with Crippen molar-refractivity contribution in [2.45, 2.75) is 32.4 Å². The lowest BCUT2D eigenvalue weighted by Crippen LogP contribution is -2.33. The molecule has 1 aromatic heterocycles. The number of benzene rings is 2. The summed E-state index contributed by atoms with van der Waals surface area (Å²) in [4.78, 5) is 43.9. The molecule has 170 valence electrons. The summed E-state index contributed by atoms with van der Waals surface area (Å²) >= 11 is 0. The predicted molar refractivity (Wildman–Crippen MR) is 127 cm³/mol. The number of carboxylic acid groups (broad SMARTS) is 1. The van der Waals surface area contributed by atoms with Crippen molar-refractivity contribution in [3.8, 4) is 12.3 Å². The number of nitrogens with two attached hydrogens (primary N) is 1. The Morgan fingerprint density at radius 1 is 1.27 bits per heavy atom. The van der Waals surface area contributed by atoms with E-state index in [1.165, 1.54) is 0 Å². The molecule has 0 aliphatic carbocycles. The van der Waals surface area contributed by atoms with Crippen LogP contribution >= 0.6 is 0 Å². The van der Waals surface area contributed by atoms with Crippen LogP contribution in [0.4, 0.5) is 11.6 Å². The first-order chi connectivity index (χ1) is 15.8. The molecule has 5 N–H and O–H groups in total. The molecular formula is C24H25N5O4. The smallest absolute Gasteiger partial charge is 0.303 e. The molecule has 3 rings (SSSR count). The Balaban J connectivity index is 1.74. The summed E-state index contributed by atoms with van der Waals surface area (Å²) in [6.07, 6.45) is 5.90. The molecule has 0 aliphatic heterocycles. The van der Waals surface area contributed by atoms with Crippen LogP contribution in [-0.2, 0) is 11.3 Å². The molecule has 0 fully saturated rings. The van der Waals surface area contributed by atoms with Crippen molar-refractivity contribution in [1.29, 1.82) is 0 Å². The number of nitrogens with zero attached hydrogens (tertiary/aromatic N) is 2. The van der Waals surface area contributed by atoms with E-state index in [4.69, 9.17) is 17.3 Å². The van der Waals surface area contributed by atoms with Gasteiger partial charge in [0.1, 0.15) is 0 Å². The van der Waals surface area contributed by atoms with Gasteiger partial charge in [-0.1, -0.05) is 12.0 Å². The molecule has 3 aromatic rings. The van der Waals surface area contributed by atoms with E-state index < -0.39 is 5.97 Å². The van der Waals surface area contributed by atoms with Gasteiger partial charge in [0.2, 0.25) is 5.95 Å². The van der Waals surface area contributed by atoms with Gasteiger partial charge >= 0.3 is 5.97 Å². The lowest BCUT2D eigenvalue weighted by atomic mass is 10.1. The van der Waals surface area contributed by atoms with Crippen LogP contribution in [0.3, 0.4) is 0 Å². The van der Waals surface area contributed by atoms with Crippen molar-refractivity contribution in [3.63, 3.8) is 0 Å². The van der Waals surface area contributed by atoms with Crippen molar-refractivity contribution in [2.24, 2.45) is 0 Å². The number of H-pyrrole nitrogens is 1. The fourth-order valence-corrected chi connectivity index (χ4v) is 3.41. The molecule has 1 atom stereocenters. The van der Waals surface area contributed by atoms with Crippen LogP contribution in [0.5, 0.6) is 0 Å². The molecule has 0 aliphatic rings. The molecule has 0 saturated carbocycles. The minimum atomic E-state index is -0.898. The number of fused-ring (bicyclic) bond motifs is 1. The van der Waals surface area contributed by atoms with Gasteiger partial charge < -0.3 is 21.1 Å². The van der Waals surface area contributed by atoms with Crippen LogP contribution in [-0.4, -0.2) is 39.5 Å². The topological polar surface area (TPSA) is 141 Å². The van der Waals surface area contributed by atoms with Crippen LogP contribution < -0.4 is 21.5 Å². The highest BCUT2D eigenvalue weighted by Crippen LogP contribution is 2.20. The molecule has 0 spiro atoms. The normalized spacial score (nSPS) is 11.5. The van der Waals surface area contributed by atoms with E-state index in [1.54, 1.807) is 43.3 Å². The zero-order chi connectivity index (χ0) is 24.0. The zero-order valence-electron chi connectivity index (χ0n) is 18.2. The van der Waals surface area contributed by atoms with E-state index in [-0.39, 0.29) is 29.9 Å². The second-order valence-corrected chi connectivity index (χ2v) is 7.72. The maximum Gasteiger partial charge on any atom is 0.303 e. The molecule has 9 nitrogen and oxygen atoms in total. The second-order valence-electron chi connectivity index (χ2n) is 7.72. The number of carboxylic acids is 1. The molecule has 0 bridgehead atoms. The summed E-state index contributed by atoms with van der Waals surface area (Å²) in [7, 11) is 0. The number of amides is 1. The number of aliphatic carboxylic acids is 1. The van der Waals surface area contributed by atoms with Crippen molar-refractivity contribution in [1.82, 2.24) is 15.3 Å². The van der Waals surface area contributed by atoms with E-state index in [0.29, 0.717) is 36.0 Å². The highest BCUT2D eigenvalue weighted by atomic mass is 16.4. The van der Waals surface area contributed by atoms with Gasteiger partial charge in [0.25, 0.3) is 11.5 Å². The van der Waals surface area contributed by atoms with Gasteiger partial charge in [-0.15, -0.1) is 6.42 Å². The van der Waals surface area contributed by atoms with Gasteiger partial charge in [0.15, 0.2) is 0 Å². The number of rotatable bonds is 9. The molecule has 1 amide bonds. The Morgan fingerprint density at radius 2 is 2.00 bits per heavy atom. The molecule has 0 unspecified atom stereocenters. The van der Waals surface area contributed by atoms with E-state index in [1.807, 2.05) is 11.0 Å². The SMILES string of the molecule is C#CCN(Cc1ccc2nc(N)[nH]c(=O)c2c1)c1ccc(C(=O)N[C@H](C)CCC(=O)O)cc1. The maximum absolute atomic E-state index is 12.4. The summed E-state index contributed by atoms with van der Waals surface area (Å²) in [6, 6.07) is 12.1. The number of hydrogen-bond acceptors (Lipinski definition) is 6. The summed E-state index contributed by atoms with van der Waals surface area (Å²) in [5.74, 6) is 1.52. The highest BCUT2D eigenvalue weighted by Gasteiger charge is 2.13. The van der Waals surface area contributed by atoms with Gasteiger partial charge in [0.05, 0.1) is 17.4 Å². The second kappa shape index (κ2) is 10.3. The number of nitrogens with one attached hydrogen (secondary N) is 2. The van der Waals surface area contributed by atoms with Crippen molar-refractivity contribution >= 4 is 34.4 Å². The van der Waals surface area contributed by atoms with E-state index in [2.05, 4.69) is 21.2 Å². The summed E-state index contributed by atoms with van der Waals surface area (Å²) in [6.45, 7) is 2.54. The first-order valence-electron chi connectivity index (χ1n) is 10.4. The molecule has 9 heteroatoms. The number of carbonyl (C=O) groups excluding carboxylic acids is 1. The molecule has 0 radical (unpaired) electrons. The largest absolute Gasteiger partial charge is 0.481 e. The molecule has 2 aromatic carbocycles. The van der Waals surface area contributed by atoms with Crippen LogP contribution in [0.25, 0.3) is 10.9 Å². The van der Waals surface area contributed by atoms with Crippen molar-refractivity contribution < 1.29 is 14.7 Å². The standard InChI is InChI=1S/C24H25N5O4/c1-3-12-29(14-16-5-10-20-19(13-16)23(33)28-24(25)27-20)18-8-6-17(7-9-18)22(32)26-15(2)4-11-21(30)31/h1,5-10,13,15H,4,11-12,14H2,2H3,(H,26,32)(H,30,31)(H3,25,27,28,33)/t15-/m1/s1. The van der Waals surface area contributed by atoms with Crippen LogP contribution in [0.1, 0.15) is 35.7 Å². The number of anilines is 2. The average Bonchev–Trinajstić information content (AvgIpc) is 2.78. The van der Waals surface area contributed by atoms with Crippen molar-refractivity contribution in [3.05, 3.63) is 63.9 Å². The Bertz CT molecular complexity index is 1260. The van der Waals surface area contributed by atoms with Crippen LogP contribution in [0.15, 0.2) is 47.3 Å². The van der Waals surface area contributed by atoms with Gasteiger partial charge in [-0.3, -0.25) is 19.4 Å². The fraction of sp³-hybridized carbons (Fsp3) is 0.250. The fourth-order valence-electron chi connectivity index (χ4n) is 3.41. The Morgan fingerprint density at radius 3 is 2.67 bits per heavy atom. The van der Waals surface area contributed by atoms with Gasteiger partial charge in [-0.05, 0) is 55.3 Å². The Hall–Kier alpha value is -4.32. The Labute approximate surface area is 190 Å². The predicted octanol–water partition coefficient (Wildman–Crippen LogP) is 2.13. The van der Waals surface area contributed by atoms with E-state index in [9.17, 15) is 14.4 Å². The average molecular weight is 447 g/mol. The quantitative estimate of drug-likeness (QED) is 0.368. The minimum Gasteiger partial charge on any atom is -0.481 e. The number of terminal acetylenes is 1. The van der Waals surface area contributed by atoms with Crippen LogP contribution in [0.2, 0.25) is 0 Å². The van der Waals surface area contributed by atoms with E-state index in [0.717, 1.165) is 11.3 Å². The van der Waals surface area contributed by atoms with Gasteiger partial charge in [0, 0.05) is 30.3 Å². The van der Waals surface area contributed by atoms with Crippen LogP contribution in [0, 0.1) is 12.3 Å². The third kappa shape index (κ3) is 6.11. The lowest BCUT2D eigenvalue weighted by Gasteiger charge is -2.23. The van der Waals surface area contributed by atoms with Gasteiger partial charge in [-0.2, -0.15) is 0 Å². The molecule has 0 saturated heterocycles. The first kappa shape index (κ1) is 23.3. The third-order valence-corrected chi connectivity index (χ3v) is 5.11. The molecule has 1 heterocycles. The summed E-state index contributed by atoms with van der Waals surface area (Å²) in [5.41, 5.74) is 7.94. The molecule has 33 heavy (non-hydrogen) atoms. The lowest BCUT2D eigenvalue weighted by molar-refractivity contribution is -0.137. The highest BCUT2D eigenvalue weighted by molar-refractivity contribution is 5.94. The monoisotopic (exact) mass is 447 g/mol. The summed E-state index contributed by atoms with van der Waals surface area (Å²) in [5, 5.41) is 12.0.